The first-order chi connectivity index (χ1) is 10.1. The molecule has 0 aromatic heterocycles. The average molecular weight is 401 g/mol. The van der Waals surface area contributed by atoms with Gasteiger partial charge in [-0.2, -0.15) is 0 Å². The van der Waals surface area contributed by atoms with Crippen LogP contribution >= 0.6 is 22.6 Å². The molecule has 1 saturated heterocycles. The molecule has 0 bridgehead atoms. The molecule has 2 fully saturated rings. The van der Waals surface area contributed by atoms with E-state index in [2.05, 4.69) is 32.8 Å². The summed E-state index contributed by atoms with van der Waals surface area (Å²) in [7, 11) is 0. The number of nitro groups is 1. The first kappa shape index (κ1) is 15.0. The van der Waals surface area contributed by atoms with Crippen LogP contribution in [0, 0.1) is 13.7 Å². The van der Waals surface area contributed by atoms with E-state index in [0.717, 1.165) is 28.9 Å². The second-order valence-corrected chi connectivity index (χ2v) is 7.17. The third-order valence-corrected chi connectivity index (χ3v) is 5.62. The molecule has 1 heterocycles. The Hall–Kier alpha value is -0.890. The van der Waals surface area contributed by atoms with Gasteiger partial charge >= 0.3 is 0 Å². The number of rotatable bonds is 2. The number of nitrogens with one attached hydrogen (secondary N) is 1. The summed E-state index contributed by atoms with van der Waals surface area (Å²) < 4.78 is 0.980. The summed E-state index contributed by atoms with van der Waals surface area (Å²) in [5.74, 6) is 0. The fraction of sp³-hybridized carbons (Fsp3) is 0.600. The van der Waals surface area contributed by atoms with Gasteiger partial charge in [0.05, 0.1) is 16.1 Å². The van der Waals surface area contributed by atoms with Gasteiger partial charge in [0.2, 0.25) is 0 Å². The molecule has 3 rings (SSSR count). The molecule has 1 N–H and O–H groups in total. The highest BCUT2D eigenvalue weighted by Gasteiger charge is 2.40. The summed E-state index contributed by atoms with van der Waals surface area (Å²) in [5, 5.41) is 14.5. The van der Waals surface area contributed by atoms with E-state index in [0.29, 0.717) is 0 Å². The molecular formula is C15H20IN3O2. The highest BCUT2D eigenvalue weighted by atomic mass is 127. The van der Waals surface area contributed by atoms with E-state index in [1.54, 1.807) is 12.1 Å². The maximum absolute atomic E-state index is 10.9. The summed E-state index contributed by atoms with van der Waals surface area (Å²) in [4.78, 5) is 13.1. The molecule has 1 aromatic carbocycles. The second kappa shape index (κ2) is 6.08. The zero-order valence-electron chi connectivity index (χ0n) is 12.0. The zero-order chi connectivity index (χ0) is 14.9. The lowest BCUT2D eigenvalue weighted by atomic mass is 9.78. The van der Waals surface area contributed by atoms with Gasteiger partial charge in [-0.1, -0.05) is 19.3 Å². The molecule has 5 nitrogen and oxygen atoms in total. The first-order valence-corrected chi connectivity index (χ1v) is 8.63. The summed E-state index contributed by atoms with van der Waals surface area (Å²) in [5.41, 5.74) is 1.53. The molecule has 1 aromatic rings. The molecule has 6 heteroatoms. The molecule has 1 aliphatic carbocycles. The number of anilines is 1. The molecule has 0 atom stereocenters. The maximum Gasteiger partial charge on any atom is 0.270 e. The summed E-state index contributed by atoms with van der Waals surface area (Å²) >= 11 is 2.23. The Labute approximate surface area is 138 Å². The summed E-state index contributed by atoms with van der Waals surface area (Å²) in [6.45, 7) is 2.99. The minimum atomic E-state index is -0.319. The molecule has 1 saturated carbocycles. The molecule has 1 aliphatic heterocycles. The van der Waals surface area contributed by atoms with Crippen LogP contribution in [0.5, 0.6) is 0 Å². The summed E-state index contributed by atoms with van der Waals surface area (Å²) in [6.07, 6.45) is 6.32. The van der Waals surface area contributed by atoms with Gasteiger partial charge in [0.15, 0.2) is 0 Å². The average Bonchev–Trinajstić information content (AvgIpc) is 2.49. The number of piperazine rings is 1. The van der Waals surface area contributed by atoms with E-state index in [-0.39, 0.29) is 16.1 Å². The lowest BCUT2D eigenvalue weighted by Crippen LogP contribution is -2.62. The van der Waals surface area contributed by atoms with Crippen LogP contribution in [0.2, 0.25) is 0 Å². The minimum absolute atomic E-state index is 0.177. The number of hydrogen-bond acceptors (Lipinski definition) is 4. The first-order valence-electron chi connectivity index (χ1n) is 7.55. The Morgan fingerprint density at radius 3 is 2.71 bits per heavy atom. The lowest BCUT2D eigenvalue weighted by Gasteiger charge is -2.51. The standard InChI is InChI=1S/C15H20IN3O2/c16-13-10-12(19(20)21)4-5-14(13)18-9-8-17-11-15(18)6-2-1-3-7-15/h4-5,10,17H,1-3,6-9,11H2. The van der Waals surface area contributed by atoms with Crippen LogP contribution in [0.15, 0.2) is 18.2 Å². The third-order valence-electron chi connectivity index (χ3n) is 4.76. The molecule has 2 aliphatic rings. The number of nitro benzene ring substituents is 1. The SMILES string of the molecule is O=[N+]([O-])c1ccc(N2CCNCC23CCCCC3)c(I)c1. The Balaban J connectivity index is 1.95. The largest absolute Gasteiger partial charge is 0.362 e. The van der Waals surface area contributed by atoms with Crippen LogP contribution in [-0.2, 0) is 0 Å². The monoisotopic (exact) mass is 401 g/mol. The van der Waals surface area contributed by atoms with Crippen LogP contribution in [0.25, 0.3) is 0 Å². The second-order valence-electron chi connectivity index (χ2n) is 6.01. The summed E-state index contributed by atoms with van der Waals surface area (Å²) in [6, 6.07) is 5.26. The molecule has 0 unspecified atom stereocenters. The van der Waals surface area contributed by atoms with Gasteiger partial charge in [0.1, 0.15) is 0 Å². The predicted octanol–water partition coefficient (Wildman–Crippen LogP) is 3.31. The van der Waals surface area contributed by atoms with Crippen molar-refractivity contribution in [1.82, 2.24) is 5.32 Å². The van der Waals surface area contributed by atoms with Crippen LogP contribution in [0.3, 0.4) is 0 Å². The Morgan fingerprint density at radius 2 is 2.05 bits per heavy atom. The smallest absolute Gasteiger partial charge is 0.270 e. The van der Waals surface area contributed by atoms with Gasteiger partial charge in [-0.05, 0) is 41.5 Å². The zero-order valence-corrected chi connectivity index (χ0v) is 14.1. The van der Waals surface area contributed by atoms with Gasteiger partial charge in [-0.15, -0.1) is 0 Å². The highest BCUT2D eigenvalue weighted by molar-refractivity contribution is 14.1. The van der Waals surface area contributed by atoms with Crippen molar-refractivity contribution in [2.75, 3.05) is 24.5 Å². The van der Waals surface area contributed by atoms with Crippen molar-refractivity contribution in [3.05, 3.63) is 31.9 Å². The van der Waals surface area contributed by atoms with E-state index < -0.39 is 0 Å². The predicted molar refractivity (Wildman–Crippen MR) is 91.8 cm³/mol. The minimum Gasteiger partial charge on any atom is -0.362 e. The Kier molecular flexibility index (Phi) is 4.35. The van der Waals surface area contributed by atoms with Crippen molar-refractivity contribution in [2.45, 2.75) is 37.6 Å². The van der Waals surface area contributed by atoms with Gasteiger partial charge in [0, 0.05) is 35.3 Å². The van der Waals surface area contributed by atoms with E-state index in [1.807, 2.05) is 6.07 Å². The number of hydrogen-bond donors (Lipinski definition) is 1. The van der Waals surface area contributed by atoms with Gasteiger partial charge < -0.3 is 10.2 Å². The van der Waals surface area contributed by atoms with Crippen LogP contribution in [0.1, 0.15) is 32.1 Å². The van der Waals surface area contributed by atoms with Gasteiger partial charge in [0.25, 0.3) is 5.69 Å². The van der Waals surface area contributed by atoms with Crippen LogP contribution < -0.4 is 10.2 Å². The third kappa shape index (κ3) is 2.88. The highest BCUT2D eigenvalue weighted by Crippen LogP contribution is 2.39. The van der Waals surface area contributed by atoms with Crippen molar-refractivity contribution < 1.29 is 4.92 Å². The van der Waals surface area contributed by atoms with E-state index in [1.165, 1.54) is 32.1 Å². The molecular weight excluding hydrogens is 381 g/mol. The van der Waals surface area contributed by atoms with Crippen molar-refractivity contribution >= 4 is 34.0 Å². The quantitative estimate of drug-likeness (QED) is 0.470. The van der Waals surface area contributed by atoms with Crippen molar-refractivity contribution in [1.29, 1.82) is 0 Å². The van der Waals surface area contributed by atoms with Crippen molar-refractivity contribution in [2.24, 2.45) is 0 Å². The van der Waals surface area contributed by atoms with Crippen LogP contribution in [-0.4, -0.2) is 30.1 Å². The van der Waals surface area contributed by atoms with E-state index in [4.69, 9.17) is 0 Å². The molecule has 21 heavy (non-hydrogen) atoms. The van der Waals surface area contributed by atoms with Crippen molar-refractivity contribution in [3.63, 3.8) is 0 Å². The Morgan fingerprint density at radius 1 is 1.29 bits per heavy atom. The topological polar surface area (TPSA) is 58.4 Å². The number of halogens is 1. The fourth-order valence-corrected chi connectivity index (χ4v) is 4.50. The van der Waals surface area contributed by atoms with Crippen LogP contribution in [0.4, 0.5) is 11.4 Å². The van der Waals surface area contributed by atoms with E-state index in [9.17, 15) is 10.1 Å². The number of non-ortho nitro benzene ring substituents is 1. The molecule has 114 valence electrons. The maximum atomic E-state index is 10.9. The Bertz CT molecular complexity index is 535. The molecule has 0 amide bonds. The normalized spacial score (nSPS) is 21.5. The molecule has 1 spiro atoms. The fourth-order valence-electron chi connectivity index (χ4n) is 3.71. The number of benzene rings is 1. The molecule has 0 radical (unpaired) electrons. The van der Waals surface area contributed by atoms with Gasteiger partial charge in [-0.3, -0.25) is 10.1 Å². The van der Waals surface area contributed by atoms with E-state index >= 15 is 0 Å². The number of nitrogens with zero attached hydrogens (tertiary/aromatic N) is 2. The van der Waals surface area contributed by atoms with Crippen molar-refractivity contribution in [3.8, 4) is 0 Å². The van der Waals surface area contributed by atoms with Gasteiger partial charge in [-0.25, -0.2) is 0 Å². The lowest BCUT2D eigenvalue weighted by molar-refractivity contribution is -0.384.